The van der Waals surface area contributed by atoms with Gasteiger partial charge in [0.25, 0.3) is 0 Å². The van der Waals surface area contributed by atoms with E-state index >= 15 is 0 Å². The molecule has 1 atom stereocenters. The van der Waals surface area contributed by atoms with Gasteiger partial charge in [-0.05, 0) is 58.5 Å². The van der Waals surface area contributed by atoms with Crippen LogP contribution < -0.4 is 4.74 Å². The Morgan fingerprint density at radius 2 is 1.95 bits per heavy atom. The fourth-order valence-electron chi connectivity index (χ4n) is 1.75. The van der Waals surface area contributed by atoms with Crippen LogP contribution in [0.4, 0.5) is 4.39 Å². The van der Waals surface area contributed by atoms with Crippen LogP contribution in [0.3, 0.4) is 0 Å². The van der Waals surface area contributed by atoms with Crippen LogP contribution in [0.2, 0.25) is 0 Å². The van der Waals surface area contributed by atoms with Crippen LogP contribution in [0.25, 0.3) is 0 Å². The van der Waals surface area contributed by atoms with Crippen LogP contribution in [0, 0.1) is 9.39 Å². The quantitative estimate of drug-likeness (QED) is 0.727. The zero-order chi connectivity index (χ0) is 14.0. The zero-order valence-corrected chi connectivity index (χ0v) is 13.8. The molecule has 0 saturated heterocycles. The van der Waals surface area contributed by atoms with Gasteiger partial charge in [0.1, 0.15) is 17.7 Å². The predicted octanol–water partition coefficient (Wildman–Crippen LogP) is 4.28. The third-order valence-corrected chi connectivity index (χ3v) is 4.23. The van der Waals surface area contributed by atoms with Crippen molar-refractivity contribution in [2.24, 2.45) is 0 Å². The lowest BCUT2D eigenvalue weighted by Crippen LogP contribution is -2.05. The van der Waals surface area contributed by atoms with Gasteiger partial charge in [0, 0.05) is 19.7 Å². The molecular formula is C14H11BrFIO2. The Labute approximate surface area is 132 Å². The standard InChI is InChI=1S/C14H11BrFIO2/c1-19-9-3-4-10(12(16)7-9)14(18)11-6-8(15)2-5-13(11)17/h2-7,14,18H,1H3. The van der Waals surface area contributed by atoms with Crippen molar-refractivity contribution in [3.63, 3.8) is 0 Å². The summed E-state index contributed by atoms with van der Waals surface area (Å²) in [6.45, 7) is 0. The summed E-state index contributed by atoms with van der Waals surface area (Å²) in [5.41, 5.74) is 0.899. The van der Waals surface area contributed by atoms with E-state index in [1.165, 1.54) is 19.2 Å². The Morgan fingerprint density at radius 1 is 1.21 bits per heavy atom. The van der Waals surface area contributed by atoms with Crippen molar-refractivity contribution in [3.05, 3.63) is 61.4 Å². The largest absolute Gasteiger partial charge is 0.497 e. The molecule has 0 heterocycles. The van der Waals surface area contributed by atoms with Gasteiger partial charge in [0.2, 0.25) is 0 Å². The fraction of sp³-hybridized carbons (Fsp3) is 0.143. The van der Waals surface area contributed by atoms with Crippen molar-refractivity contribution in [2.75, 3.05) is 7.11 Å². The monoisotopic (exact) mass is 436 g/mol. The number of hydrogen-bond acceptors (Lipinski definition) is 2. The van der Waals surface area contributed by atoms with Crippen LogP contribution in [-0.2, 0) is 0 Å². The summed E-state index contributed by atoms with van der Waals surface area (Å²) in [6, 6.07) is 9.97. The lowest BCUT2D eigenvalue weighted by molar-refractivity contribution is 0.214. The summed E-state index contributed by atoms with van der Waals surface area (Å²) in [7, 11) is 1.47. The van der Waals surface area contributed by atoms with E-state index in [0.717, 1.165) is 8.04 Å². The van der Waals surface area contributed by atoms with Crippen molar-refractivity contribution in [2.45, 2.75) is 6.10 Å². The Balaban J connectivity index is 2.43. The molecule has 0 aliphatic carbocycles. The maximum atomic E-state index is 14.0. The number of hydrogen-bond donors (Lipinski definition) is 1. The van der Waals surface area contributed by atoms with E-state index in [1.54, 1.807) is 12.1 Å². The highest BCUT2D eigenvalue weighted by Gasteiger charge is 2.18. The van der Waals surface area contributed by atoms with Crippen LogP contribution in [0.15, 0.2) is 40.9 Å². The Hall–Kier alpha value is -0.660. The van der Waals surface area contributed by atoms with Gasteiger partial charge in [0.05, 0.1) is 7.11 Å². The van der Waals surface area contributed by atoms with E-state index in [0.29, 0.717) is 11.3 Å². The van der Waals surface area contributed by atoms with Crippen molar-refractivity contribution in [1.82, 2.24) is 0 Å². The summed E-state index contributed by atoms with van der Waals surface area (Å²) in [6.07, 6.45) is -1.00. The highest BCUT2D eigenvalue weighted by molar-refractivity contribution is 14.1. The molecule has 1 unspecified atom stereocenters. The molecule has 0 radical (unpaired) electrons. The normalized spacial score (nSPS) is 12.3. The SMILES string of the molecule is COc1ccc(C(O)c2cc(Br)ccc2I)c(F)c1. The van der Waals surface area contributed by atoms with Crippen LogP contribution in [0.1, 0.15) is 17.2 Å². The molecule has 2 rings (SSSR count). The number of aliphatic hydroxyl groups is 1. The zero-order valence-electron chi connectivity index (χ0n) is 10.0. The molecule has 100 valence electrons. The molecule has 1 N–H and O–H groups in total. The topological polar surface area (TPSA) is 29.5 Å². The molecule has 2 nitrogen and oxygen atoms in total. The minimum Gasteiger partial charge on any atom is -0.497 e. The average molecular weight is 437 g/mol. The lowest BCUT2D eigenvalue weighted by Gasteiger charge is -2.15. The van der Waals surface area contributed by atoms with Crippen molar-refractivity contribution >= 4 is 38.5 Å². The fourth-order valence-corrected chi connectivity index (χ4v) is 2.76. The van der Waals surface area contributed by atoms with E-state index in [1.807, 2.05) is 12.1 Å². The van der Waals surface area contributed by atoms with Gasteiger partial charge in [-0.2, -0.15) is 0 Å². The van der Waals surface area contributed by atoms with Crippen LogP contribution in [0.5, 0.6) is 5.75 Å². The van der Waals surface area contributed by atoms with E-state index in [4.69, 9.17) is 4.74 Å². The molecule has 0 spiro atoms. The lowest BCUT2D eigenvalue weighted by atomic mass is 10.0. The average Bonchev–Trinajstić information content (AvgIpc) is 2.40. The van der Waals surface area contributed by atoms with Gasteiger partial charge in [-0.1, -0.05) is 15.9 Å². The summed E-state index contributed by atoms with van der Waals surface area (Å²) in [5.74, 6) is -0.0555. The third kappa shape index (κ3) is 3.27. The summed E-state index contributed by atoms with van der Waals surface area (Å²) >= 11 is 5.47. The van der Waals surface area contributed by atoms with Gasteiger partial charge in [-0.25, -0.2) is 4.39 Å². The number of halogens is 3. The number of aliphatic hydroxyl groups excluding tert-OH is 1. The number of benzene rings is 2. The second-order valence-corrected chi connectivity index (χ2v) is 6.03. The molecule has 19 heavy (non-hydrogen) atoms. The van der Waals surface area contributed by atoms with Gasteiger partial charge < -0.3 is 9.84 Å². The molecular weight excluding hydrogens is 426 g/mol. The van der Waals surface area contributed by atoms with Gasteiger partial charge in [0.15, 0.2) is 0 Å². The third-order valence-electron chi connectivity index (χ3n) is 2.75. The molecule has 0 aliphatic rings. The Bertz CT molecular complexity index is 604. The van der Waals surface area contributed by atoms with Crippen LogP contribution >= 0.6 is 38.5 Å². The minimum atomic E-state index is -1.00. The van der Waals surface area contributed by atoms with Crippen molar-refractivity contribution in [3.8, 4) is 5.75 Å². The molecule has 0 amide bonds. The number of rotatable bonds is 3. The summed E-state index contributed by atoms with van der Waals surface area (Å²) in [4.78, 5) is 0. The van der Waals surface area contributed by atoms with E-state index in [-0.39, 0.29) is 5.56 Å². The molecule has 0 aromatic heterocycles. The molecule has 2 aromatic rings. The minimum absolute atomic E-state index is 0.233. The first-order chi connectivity index (χ1) is 9.02. The van der Waals surface area contributed by atoms with Crippen molar-refractivity contribution in [1.29, 1.82) is 0 Å². The molecule has 0 saturated carbocycles. The molecule has 2 aromatic carbocycles. The Morgan fingerprint density at radius 3 is 2.58 bits per heavy atom. The first-order valence-electron chi connectivity index (χ1n) is 5.49. The number of methoxy groups -OCH3 is 1. The molecule has 0 fully saturated rings. The first kappa shape index (κ1) is 14.7. The van der Waals surface area contributed by atoms with Crippen molar-refractivity contribution < 1.29 is 14.2 Å². The van der Waals surface area contributed by atoms with E-state index < -0.39 is 11.9 Å². The van der Waals surface area contributed by atoms with Gasteiger partial charge in [-0.15, -0.1) is 0 Å². The number of ether oxygens (including phenoxy) is 1. The highest BCUT2D eigenvalue weighted by atomic mass is 127. The molecule has 0 bridgehead atoms. The Kier molecular flexibility index (Phi) is 4.81. The highest BCUT2D eigenvalue weighted by Crippen LogP contribution is 2.31. The molecule has 5 heteroatoms. The summed E-state index contributed by atoms with van der Waals surface area (Å²) in [5, 5.41) is 10.3. The van der Waals surface area contributed by atoms with Gasteiger partial charge >= 0.3 is 0 Å². The smallest absolute Gasteiger partial charge is 0.133 e. The second kappa shape index (κ2) is 6.19. The maximum absolute atomic E-state index is 14.0. The maximum Gasteiger partial charge on any atom is 0.133 e. The van der Waals surface area contributed by atoms with Gasteiger partial charge in [-0.3, -0.25) is 0 Å². The van der Waals surface area contributed by atoms with Crippen LogP contribution in [-0.4, -0.2) is 12.2 Å². The van der Waals surface area contributed by atoms with E-state index in [9.17, 15) is 9.50 Å². The predicted molar refractivity (Wildman–Crippen MR) is 83.9 cm³/mol. The first-order valence-corrected chi connectivity index (χ1v) is 7.36. The molecule has 0 aliphatic heterocycles. The van der Waals surface area contributed by atoms with E-state index in [2.05, 4.69) is 38.5 Å². The summed E-state index contributed by atoms with van der Waals surface area (Å²) < 4.78 is 20.6. The second-order valence-electron chi connectivity index (χ2n) is 3.96.